The van der Waals surface area contributed by atoms with Crippen molar-refractivity contribution < 1.29 is 4.79 Å². The lowest BCUT2D eigenvalue weighted by molar-refractivity contribution is -0.116. The number of nitrogens with zero attached hydrogens (tertiary/aromatic N) is 2. The van der Waals surface area contributed by atoms with E-state index >= 15 is 0 Å². The van der Waals surface area contributed by atoms with E-state index in [0.717, 1.165) is 16.8 Å². The first kappa shape index (κ1) is 13.3. The number of rotatable bonds is 4. The van der Waals surface area contributed by atoms with Crippen LogP contribution < -0.4 is 5.32 Å². The van der Waals surface area contributed by atoms with Gasteiger partial charge in [-0.2, -0.15) is 5.10 Å². The predicted molar refractivity (Wildman–Crippen MR) is 76.1 cm³/mol. The second-order valence-corrected chi connectivity index (χ2v) is 4.91. The fourth-order valence-electron chi connectivity index (χ4n) is 1.97. The Kier molecular flexibility index (Phi) is 4.00. The summed E-state index contributed by atoms with van der Waals surface area (Å²) in [5, 5.41) is 7.11. The lowest BCUT2D eigenvalue weighted by Gasteiger charge is -2.13. The number of aryl methyl sites for hydroxylation is 2. The van der Waals surface area contributed by atoms with Gasteiger partial charge in [0.05, 0.1) is 6.04 Å². The fourth-order valence-corrected chi connectivity index (χ4v) is 1.97. The van der Waals surface area contributed by atoms with Crippen molar-refractivity contribution >= 4 is 11.6 Å². The highest BCUT2D eigenvalue weighted by molar-refractivity contribution is 5.91. The Bertz CT molecular complexity index is 561. The van der Waals surface area contributed by atoms with E-state index in [4.69, 9.17) is 0 Å². The third-order valence-electron chi connectivity index (χ3n) is 3.12. The van der Waals surface area contributed by atoms with Crippen molar-refractivity contribution in [1.82, 2.24) is 9.78 Å². The summed E-state index contributed by atoms with van der Waals surface area (Å²) in [7, 11) is 0. The van der Waals surface area contributed by atoms with E-state index < -0.39 is 0 Å². The van der Waals surface area contributed by atoms with E-state index in [0.29, 0.717) is 6.42 Å². The smallest absolute Gasteiger partial charge is 0.226 e. The largest absolute Gasteiger partial charge is 0.326 e. The molecule has 0 saturated carbocycles. The molecule has 1 aromatic heterocycles. The Balaban J connectivity index is 1.99. The van der Waals surface area contributed by atoms with Gasteiger partial charge in [0.25, 0.3) is 0 Å². The molecule has 1 heterocycles. The van der Waals surface area contributed by atoms with Gasteiger partial charge in [-0.05, 0) is 44.0 Å². The molecule has 1 amide bonds. The first-order chi connectivity index (χ1) is 9.06. The standard InChI is InChI=1S/C15H19N3O/c1-11-5-6-12(2)14(9-11)17-15(19)10-13(3)18-8-4-7-16-18/h4-9,13H,10H2,1-3H3,(H,17,19). The molecule has 0 spiro atoms. The average molecular weight is 257 g/mol. The molecule has 0 aliphatic heterocycles. The van der Waals surface area contributed by atoms with E-state index in [1.165, 1.54) is 0 Å². The Labute approximate surface area is 113 Å². The maximum absolute atomic E-state index is 12.0. The lowest BCUT2D eigenvalue weighted by Crippen LogP contribution is -2.18. The molecule has 1 N–H and O–H groups in total. The number of carbonyl (C=O) groups is 1. The van der Waals surface area contributed by atoms with Crippen LogP contribution in [-0.4, -0.2) is 15.7 Å². The Morgan fingerprint density at radius 2 is 2.21 bits per heavy atom. The summed E-state index contributed by atoms with van der Waals surface area (Å²) < 4.78 is 1.79. The fraction of sp³-hybridized carbons (Fsp3) is 0.333. The highest BCUT2D eigenvalue weighted by atomic mass is 16.1. The summed E-state index contributed by atoms with van der Waals surface area (Å²) in [6.45, 7) is 5.99. The van der Waals surface area contributed by atoms with Gasteiger partial charge < -0.3 is 5.32 Å². The predicted octanol–water partition coefficient (Wildman–Crippen LogP) is 3.09. The van der Waals surface area contributed by atoms with Gasteiger partial charge in [0.1, 0.15) is 0 Å². The van der Waals surface area contributed by atoms with Crippen molar-refractivity contribution in [3.05, 3.63) is 47.8 Å². The second-order valence-electron chi connectivity index (χ2n) is 4.91. The first-order valence-corrected chi connectivity index (χ1v) is 6.42. The maximum Gasteiger partial charge on any atom is 0.226 e. The van der Waals surface area contributed by atoms with E-state index in [-0.39, 0.29) is 11.9 Å². The topological polar surface area (TPSA) is 46.9 Å². The highest BCUT2D eigenvalue weighted by Gasteiger charge is 2.11. The van der Waals surface area contributed by atoms with E-state index in [1.54, 1.807) is 10.9 Å². The van der Waals surface area contributed by atoms with Gasteiger partial charge in [0.2, 0.25) is 5.91 Å². The summed E-state index contributed by atoms with van der Waals surface area (Å²) >= 11 is 0. The quantitative estimate of drug-likeness (QED) is 0.915. The molecule has 100 valence electrons. The van der Waals surface area contributed by atoms with Gasteiger partial charge in [-0.25, -0.2) is 0 Å². The Hall–Kier alpha value is -2.10. The Morgan fingerprint density at radius 3 is 2.89 bits per heavy atom. The third-order valence-corrected chi connectivity index (χ3v) is 3.12. The monoisotopic (exact) mass is 257 g/mol. The van der Waals surface area contributed by atoms with Crippen molar-refractivity contribution in [1.29, 1.82) is 0 Å². The van der Waals surface area contributed by atoms with Crippen LogP contribution in [0.4, 0.5) is 5.69 Å². The van der Waals surface area contributed by atoms with Crippen molar-refractivity contribution in [2.45, 2.75) is 33.2 Å². The molecule has 2 aromatic rings. The number of amides is 1. The zero-order valence-electron chi connectivity index (χ0n) is 11.6. The van der Waals surface area contributed by atoms with Gasteiger partial charge in [-0.15, -0.1) is 0 Å². The summed E-state index contributed by atoms with van der Waals surface area (Å²) in [4.78, 5) is 12.0. The second kappa shape index (κ2) is 5.69. The first-order valence-electron chi connectivity index (χ1n) is 6.42. The molecule has 4 nitrogen and oxygen atoms in total. The number of hydrogen-bond acceptors (Lipinski definition) is 2. The molecule has 0 aliphatic carbocycles. The van der Waals surface area contributed by atoms with Crippen LogP contribution in [0.3, 0.4) is 0 Å². The van der Waals surface area contributed by atoms with Crippen LogP contribution in [0.5, 0.6) is 0 Å². The molecule has 0 bridgehead atoms. The molecular weight excluding hydrogens is 238 g/mol. The number of carbonyl (C=O) groups excluding carboxylic acids is 1. The molecule has 0 radical (unpaired) electrons. The van der Waals surface area contributed by atoms with Crippen LogP contribution in [0, 0.1) is 13.8 Å². The van der Waals surface area contributed by atoms with E-state index in [2.05, 4.69) is 10.4 Å². The number of anilines is 1. The van der Waals surface area contributed by atoms with Gasteiger partial charge in [-0.3, -0.25) is 9.48 Å². The van der Waals surface area contributed by atoms with Crippen molar-refractivity contribution in [2.24, 2.45) is 0 Å². The zero-order chi connectivity index (χ0) is 13.8. The summed E-state index contributed by atoms with van der Waals surface area (Å²) in [6.07, 6.45) is 4.00. The number of hydrogen-bond donors (Lipinski definition) is 1. The number of nitrogens with one attached hydrogen (secondary N) is 1. The molecular formula is C15H19N3O. The maximum atomic E-state index is 12.0. The van der Waals surface area contributed by atoms with E-state index in [9.17, 15) is 4.79 Å². The van der Waals surface area contributed by atoms with Crippen molar-refractivity contribution in [3.8, 4) is 0 Å². The summed E-state index contributed by atoms with van der Waals surface area (Å²) in [6, 6.07) is 7.96. The third kappa shape index (κ3) is 3.44. The van der Waals surface area contributed by atoms with Crippen LogP contribution >= 0.6 is 0 Å². The van der Waals surface area contributed by atoms with Gasteiger partial charge >= 0.3 is 0 Å². The minimum atomic E-state index is 0.0108. The van der Waals surface area contributed by atoms with Crippen LogP contribution in [-0.2, 0) is 4.79 Å². The molecule has 0 fully saturated rings. The Morgan fingerprint density at radius 1 is 1.42 bits per heavy atom. The minimum absolute atomic E-state index is 0.0108. The van der Waals surface area contributed by atoms with Crippen molar-refractivity contribution in [3.63, 3.8) is 0 Å². The number of aromatic nitrogens is 2. The molecule has 0 aliphatic rings. The molecule has 1 aromatic carbocycles. The minimum Gasteiger partial charge on any atom is -0.326 e. The normalized spacial score (nSPS) is 12.2. The SMILES string of the molecule is Cc1ccc(C)c(NC(=O)CC(C)n2cccn2)c1. The molecule has 1 atom stereocenters. The summed E-state index contributed by atoms with van der Waals surface area (Å²) in [5.74, 6) is 0.0108. The molecule has 2 rings (SSSR count). The van der Waals surface area contributed by atoms with Crippen LogP contribution in [0.15, 0.2) is 36.7 Å². The van der Waals surface area contributed by atoms with Gasteiger partial charge in [-0.1, -0.05) is 12.1 Å². The van der Waals surface area contributed by atoms with Gasteiger partial charge in [0, 0.05) is 24.5 Å². The molecule has 0 saturated heterocycles. The van der Waals surface area contributed by atoms with Gasteiger partial charge in [0.15, 0.2) is 0 Å². The zero-order valence-corrected chi connectivity index (χ0v) is 11.6. The highest BCUT2D eigenvalue weighted by Crippen LogP contribution is 2.18. The molecule has 1 unspecified atom stereocenters. The molecule has 19 heavy (non-hydrogen) atoms. The van der Waals surface area contributed by atoms with Crippen molar-refractivity contribution in [2.75, 3.05) is 5.32 Å². The van der Waals surface area contributed by atoms with Crippen LogP contribution in [0.25, 0.3) is 0 Å². The van der Waals surface area contributed by atoms with Crippen LogP contribution in [0.2, 0.25) is 0 Å². The summed E-state index contributed by atoms with van der Waals surface area (Å²) in [5.41, 5.74) is 3.10. The van der Waals surface area contributed by atoms with Crippen LogP contribution in [0.1, 0.15) is 30.5 Å². The lowest BCUT2D eigenvalue weighted by atomic mass is 10.1. The van der Waals surface area contributed by atoms with E-state index in [1.807, 2.05) is 51.2 Å². The average Bonchev–Trinajstić information content (AvgIpc) is 2.87. The molecule has 4 heteroatoms. The number of benzene rings is 1.